The van der Waals surface area contributed by atoms with Crippen LogP contribution in [0.1, 0.15) is 26.3 Å². The van der Waals surface area contributed by atoms with E-state index < -0.39 is 66.5 Å². The summed E-state index contributed by atoms with van der Waals surface area (Å²) in [4.78, 5) is 49.1. The summed E-state index contributed by atoms with van der Waals surface area (Å²) in [5, 5.41) is 35.5. The highest BCUT2D eigenvalue weighted by Gasteiger charge is 2.33. The number of carbonyl (C=O) groups excluding carboxylic acids is 3. The normalized spacial score (nSPS) is 15.7. The number of rotatable bonds is 12. The molecule has 32 heavy (non-hydrogen) atoms. The molecule has 3 amide bonds. The van der Waals surface area contributed by atoms with E-state index >= 15 is 0 Å². The van der Waals surface area contributed by atoms with Crippen LogP contribution in [0.3, 0.4) is 0 Å². The topological polar surface area (TPSA) is 191 Å². The van der Waals surface area contributed by atoms with Gasteiger partial charge < -0.3 is 37.0 Å². The molecule has 0 spiro atoms. The van der Waals surface area contributed by atoms with Crippen molar-refractivity contribution in [3.8, 4) is 0 Å². The van der Waals surface area contributed by atoms with Crippen molar-refractivity contribution >= 4 is 23.7 Å². The maximum Gasteiger partial charge on any atom is 0.326 e. The molecule has 5 atom stereocenters. The van der Waals surface area contributed by atoms with Crippen molar-refractivity contribution < 1.29 is 34.5 Å². The zero-order valence-corrected chi connectivity index (χ0v) is 18.3. The molecule has 11 heteroatoms. The molecule has 0 radical (unpaired) electrons. The Morgan fingerprint density at radius 3 is 1.94 bits per heavy atom. The number of aliphatic hydroxyl groups is 2. The number of carboxylic acid groups (broad SMARTS) is 1. The molecule has 0 bridgehead atoms. The van der Waals surface area contributed by atoms with Crippen molar-refractivity contribution in [1.29, 1.82) is 0 Å². The lowest BCUT2D eigenvalue weighted by Crippen LogP contribution is -2.60. The van der Waals surface area contributed by atoms with Gasteiger partial charge in [-0.3, -0.25) is 14.4 Å². The van der Waals surface area contributed by atoms with Gasteiger partial charge in [0.2, 0.25) is 17.7 Å². The van der Waals surface area contributed by atoms with Gasteiger partial charge in [-0.05, 0) is 18.4 Å². The lowest BCUT2D eigenvalue weighted by atomic mass is 10.0. The van der Waals surface area contributed by atoms with Gasteiger partial charge >= 0.3 is 5.97 Å². The van der Waals surface area contributed by atoms with Gasteiger partial charge in [0, 0.05) is 6.42 Å². The highest BCUT2D eigenvalue weighted by molar-refractivity contribution is 5.94. The van der Waals surface area contributed by atoms with Crippen molar-refractivity contribution in [2.75, 3.05) is 6.61 Å². The molecule has 0 saturated heterocycles. The molecule has 1 aromatic carbocycles. The first-order valence-corrected chi connectivity index (χ1v) is 10.2. The molecule has 0 saturated carbocycles. The van der Waals surface area contributed by atoms with E-state index in [9.17, 15) is 29.4 Å². The Kier molecular flexibility index (Phi) is 10.8. The fraction of sp³-hybridized carbons (Fsp3) is 0.524. The van der Waals surface area contributed by atoms with E-state index in [-0.39, 0.29) is 6.42 Å². The molecule has 1 aromatic rings. The number of nitrogens with two attached hydrogens (primary N) is 1. The van der Waals surface area contributed by atoms with Gasteiger partial charge in [-0.15, -0.1) is 0 Å². The summed E-state index contributed by atoms with van der Waals surface area (Å²) in [5.41, 5.74) is 6.22. The Bertz CT molecular complexity index is 786. The minimum Gasteiger partial charge on any atom is -0.480 e. The molecule has 178 valence electrons. The molecule has 0 fully saturated rings. The maximum absolute atomic E-state index is 12.9. The van der Waals surface area contributed by atoms with Gasteiger partial charge in [-0.1, -0.05) is 44.2 Å². The summed E-state index contributed by atoms with van der Waals surface area (Å²) in [5.74, 6) is -4.13. The summed E-state index contributed by atoms with van der Waals surface area (Å²) < 4.78 is 0. The monoisotopic (exact) mass is 452 g/mol. The summed E-state index contributed by atoms with van der Waals surface area (Å²) in [6.07, 6.45) is -1.30. The molecule has 5 unspecified atom stereocenters. The Morgan fingerprint density at radius 1 is 0.906 bits per heavy atom. The van der Waals surface area contributed by atoms with Gasteiger partial charge in [0.05, 0.1) is 12.7 Å². The van der Waals surface area contributed by atoms with Crippen LogP contribution in [0.5, 0.6) is 0 Å². The van der Waals surface area contributed by atoms with Gasteiger partial charge in [0.25, 0.3) is 0 Å². The zero-order chi connectivity index (χ0) is 24.4. The van der Waals surface area contributed by atoms with E-state index in [4.69, 9.17) is 10.8 Å². The first-order chi connectivity index (χ1) is 15.0. The smallest absolute Gasteiger partial charge is 0.326 e. The molecular formula is C21H32N4O7. The highest BCUT2D eigenvalue weighted by atomic mass is 16.4. The number of aliphatic carboxylic acids is 1. The van der Waals surface area contributed by atoms with Crippen LogP contribution in [0.25, 0.3) is 0 Å². The molecular weight excluding hydrogens is 420 g/mol. The predicted molar refractivity (Wildman–Crippen MR) is 115 cm³/mol. The Balaban J connectivity index is 3.05. The average molecular weight is 453 g/mol. The number of carbonyl (C=O) groups is 4. The van der Waals surface area contributed by atoms with Crippen LogP contribution in [0.15, 0.2) is 30.3 Å². The predicted octanol–water partition coefficient (Wildman–Crippen LogP) is -1.88. The summed E-state index contributed by atoms with van der Waals surface area (Å²) in [6.45, 7) is 3.84. The van der Waals surface area contributed by atoms with E-state index in [1.807, 2.05) is 0 Å². The lowest BCUT2D eigenvalue weighted by Gasteiger charge is -2.27. The number of hydrogen-bond acceptors (Lipinski definition) is 7. The first kappa shape index (κ1) is 27.0. The molecule has 0 aromatic heterocycles. The number of amides is 3. The molecule has 0 aliphatic rings. The van der Waals surface area contributed by atoms with E-state index in [2.05, 4.69) is 16.0 Å². The zero-order valence-electron chi connectivity index (χ0n) is 18.3. The minimum atomic E-state index is -1.47. The number of hydrogen-bond donors (Lipinski definition) is 7. The van der Waals surface area contributed by atoms with Gasteiger partial charge in [-0.2, -0.15) is 0 Å². The second-order valence-electron chi connectivity index (χ2n) is 7.84. The lowest BCUT2D eigenvalue weighted by molar-refractivity contribution is -0.144. The van der Waals surface area contributed by atoms with Crippen LogP contribution >= 0.6 is 0 Å². The van der Waals surface area contributed by atoms with Crippen LogP contribution in [0.4, 0.5) is 0 Å². The third-order valence-electron chi connectivity index (χ3n) is 4.74. The second kappa shape index (κ2) is 12.7. The van der Waals surface area contributed by atoms with Gasteiger partial charge in [-0.25, -0.2) is 4.79 Å². The fourth-order valence-corrected chi connectivity index (χ4v) is 2.84. The Hall–Kier alpha value is -3.02. The molecule has 11 nitrogen and oxygen atoms in total. The average Bonchev–Trinajstić information content (AvgIpc) is 2.74. The second-order valence-corrected chi connectivity index (χ2v) is 7.84. The van der Waals surface area contributed by atoms with E-state index in [0.717, 1.165) is 0 Å². The molecule has 1 rings (SSSR count). The number of carboxylic acids is 1. The summed E-state index contributed by atoms with van der Waals surface area (Å²) in [7, 11) is 0. The quantitative estimate of drug-likeness (QED) is 0.192. The third kappa shape index (κ3) is 8.25. The minimum absolute atomic E-state index is 0.0501. The number of nitrogens with one attached hydrogen (secondary N) is 3. The van der Waals surface area contributed by atoms with Crippen molar-refractivity contribution in [2.24, 2.45) is 11.7 Å². The number of benzene rings is 1. The van der Waals surface area contributed by atoms with E-state index in [1.165, 1.54) is 6.92 Å². The van der Waals surface area contributed by atoms with Crippen LogP contribution in [0.2, 0.25) is 0 Å². The molecule has 0 aliphatic heterocycles. The number of aliphatic hydroxyl groups excluding tert-OH is 2. The summed E-state index contributed by atoms with van der Waals surface area (Å²) in [6, 6.07) is 3.63. The maximum atomic E-state index is 12.9. The van der Waals surface area contributed by atoms with Crippen molar-refractivity contribution in [3.63, 3.8) is 0 Å². The Labute approximate surface area is 186 Å². The summed E-state index contributed by atoms with van der Waals surface area (Å²) >= 11 is 0. The van der Waals surface area contributed by atoms with Gasteiger partial charge in [0.15, 0.2) is 0 Å². The SMILES string of the molecule is CC(C)C(NC(=O)C(NC(=O)C(Cc1ccccc1)NC(=O)C(N)CO)C(C)O)C(=O)O. The van der Waals surface area contributed by atoms with Crippen LogP contribution in [-0.2, 0) is 25.6 Å². The largest absolute Gasteiger partial charge is 0.480 e. The van der Waals surface area contributed by atoms with Crippen LogP contribution in [-0.4, -0.2) is 75.9 Å². The molecule has 8 N–H and O–H groups in total. The molecule has 0 aliphatic carbocycles. The van der Waals surface area contributed by atoms with E-state index in [1.54, 1.807) is 44.2 Å². The van der Waals surface area contributed by atoms with Crippen LogP contribution < -0.4 is 21.7 Å². The van der Waals surface area contributed by atoms with Gasteiger partial charge in [0.1, 0.15) is 24.2 Å². The van der Waals surface area contributed by atoms with Crippen molar-refractivity contribution in [1.82, 2.24) is 16.0 Å². The third-order valence-corrected chi connectivity index (χ3v) is 4.74. The van der Waals surface area contributed by atoms with Crippen molar-refractivity contribution in [3.05, 3.63) is 35.9 Å². The van der Waals surface area contributed by atoms with Crippen molar-refractivity contribution in [2.45, 2.75) is 57.5 Å². The molecule has 0 heterocycles. The van der Waals surface area contributed by atoms with E-state index in [0.29, 0.717) is 5.56 Å². The van der Waals surface area contributed by atoms with Crippen LogP contribution in [0, 0.1) is 5.92 Å². The highest BCUT2D eigenvalue weighted by Crippen LogP contribution is 2.07. The fourth-order valence-electron chi connectivity index (χ4n) is 2.84. The standard InChI is InChI=1S/C21H32N4O7/c1-11(2)16(21(31)32)24-20(30)17(12(3)27)25-19(29)15(23-18(28)14(22)10-26)9-13-7-5-4-6-8-13/h4-8,11-12,14-17,26-27H,9-10,22H2,1-3H3,(H,23,28)(H,24,30)(H,25,29)(H,31,32). The Morgan fingerprint density at radius 2 is 1.47 bits per heavy atom. The first-order valence-electron chi connectivity index (χ1n) is 10.2.